The van der Waals surface area contributed by atoms with Crippen LogP contribution in [-0.2, 0) is 6.42 Å². The summed E-state index contributed by atoms with van der Waals surface area (Å²) in [6.07, 6.45) is 0.117. The molecule has 0 fully saturated rings. The zero-order valence-corrected chi connectivity index (χ0v) is 13.1. The Labute approximate surface area is 132 Å². The first-order valence-electron chi connectivity index (χ1n) is 6.18. The summed E-state index contributed by atoms with van der Waals surface area (Å²) in [4.78, 5) is 12.8. The molecule has 0 spiro atoms. The summed E-state index contributed by atoms with van der Waals surface area (Å²) in [5.41, 5.74) is 0.607. The number of carbonyl (C=O) groups excluding carboxylic acids is 1. The van der Waals surface area contributed by atoms with Gasteiger partial charge in [-0.2, -0.15) is 0 Å². The van der Waals surface area contributed by atoms with E-state index in [1.807, 2.05) is 0 Å². The fourth-order valence-corrected chi connectivity index (χ4v) is 3.63. The Morgan fingerprint density at radius 2 is 1.86 bits per heavy atom. The van der Waals surface area contributed by atoms with Crippen molar-refractivity contribution >= 4 is 43.1 Å². The third-order valence-electron chi connectivity index (χ3n) is 3.04. The molecule has 3 rings (SSSR count). The lowest BCUT2D eigenvalue weighted by molar-refractivity contribution is 0.0997. The number of hydrogen-bond donors (Lipinski definition) is 0. The van der Waals surface area contributed by atoms with E-state index >= 15 is 0 Å². The molecule has 0 aliphatic heterocycles. The molecule has 106 valence electrons. The summed E-state index contributed by atoms with van der Waals surface area (Å²) in [6.45, 7) is 0. The zero-order valence-electron chi connectivity index (χ0n) is 10.7. The molecule has 3 aromatic rings. The molecule has 0 aliphatic carbocycles. The Morgan fingerprint density at radius 1 is 1.05 bits per heavy atom. The Balaban J connectivity index is 1.89. The van der Waals surface area contributed by atoms with Crippen LogP contribution < -0.4 is 0 Å². The maximum absolute atomic E-state index is 13.3. The van der Waals surface area contributed by atoms with Crippen molar-refractivity contribution in [1.82, 2.24) is 0 Å². The number of fused-ring (bicyclic) bond motifs is 1. The van der Waals surface area contributed by atoms with Crippen LogP contribution in [0.25, 0.3) is 10.1 Å². The van der Waals surface area contributed by atoms with Gasteiger partial charge in [-0.3, -0.25) is 4.79 Å². The van der Waals surface area contributed by atoms with Crippen LogP contribution >= 0.6 is 27.3 Å². The van der Waals surface area contributed by atoms with Gasteiger partial charge in [0.1, 0.15) is 11.6 Å². The van der Waals surface area contributed by atoms with Crippen molar-refractivity contribution in [3.8, 4) is 0 Å². The molecule has 5 heteroatoms. The van der Waals surface area contributed by atoms with Crippen LogP contribution in [0.5, 0.6) is 0 Å². The lowest BCUT2D eigenvalue weighted by atomic mass is 10.1. The van der Waals surface area contributed by atoms with E-state index in [4.69, 9.17) is 0 Å². The first-order chi connectivity index (χ1) is 10.0. The van der Waals surface area contributed by atoms with Crippen molar-refractivity contribution in [2.45, 2.75) is 6.42 Å². The highest BCUT2D eigenvalue weighted by Crippen LogP contribution is 2.27. The monoisotopic (exact) mass is 366 g/mol. The summed E-state index contributed by atoms with van der Waals surface area (Å²) in [7, 11) is 0. The van der Waals surface area contributed by atoms with E-state index in [1.165, 1.54) is 35.6 Å². The van der Waals surface area contributed by atoms with Crippen LogP contribution in [0.2, 0.25) is 0 Å². The van der Waals surface area contributed by atoms with E-state index in [0.717, 1.165) is 4.70 Å². The first kappa shape index (κ1) is 14.4. The number of benzene rings is 2. The van der Waals surface area contributed by atoms with Crippen LogP contribution in [0, 0.1) is 11.6 Å². The lowest BCUT2D eigenvalue weighted by Gasteiger charge is -2.01. The topological polar surface area (TPSA) is 17.1 Å². The summed E-state index contributed by atoms with van der Waals surface area (Å²) in [6, 6.07) is 10.5. The van der Waals surface area contributed by atoms with Gasteiger partial charge >= 0.3 is 0 Å². The van der Waals surface area contributed by atoms with E-state index in [2.05, 4.69) is 15.9 Å². The molecule has 0 unspecified atom stereocenters. The van der Waals surface area contributed by atoms with E-state index in [1.54, 1.807) is 18.2 Å². The van der Waals surface area contributed by atoms with Gasteiger partial charge in [-0.1, -0.05) is 15.9 Å². The first-order valence-corrected chi connectivity index (χ1v) is 7.79. The van der Waals surface area contributed by atoms with Crippen molar-refractivity contribution in [1.29, 1.82) is 0 Å². The molecular formula is C16H9BrF2OS. The number of hydrogen-bond acceptors (Lipinski definition) is 2. The molecule has 1 heterocycles. The number of thiophene rings is 1. The molecular weight excluding hydrogens is 358 g/mol. The molecule has 0 saturated carbocycles. The van der Waals surface area contributed by atoms with Gasteiger partial charge in [0, 0.05) is 15.6 Å². The van der Waals surface area contributed by atoms with Gasteiger partial charge in [0.25, 0.3) is 0 Å². The van der Waals surface area contributed by atoms with Gasteiger partial charge in [0.2, 0.25) is 0 Å². The molecule has 0 bridgehead atoms. The average Bonchev–Trinajstić information content (AvgIpc) is 2.80. The normalized spacial score (nSPS) is 11.0. The number of carbonyl (C=O) groups is 1. The number of ketones is 1. The SMILES string of the molecule is O=C(Cc1cc(F)cc(Br)c1)c1cc2cc(F)ccc2s1. The van der Waals surface area contributed by atoms with Crippen LogP contribution in [0.3, 0.4) is 0 Å². The van der Waals surface area contributed by atoms with Crippen LogP contribution in [0.1, 0.15) is 15.2 Å². The van der Waals surface area contributed by atoms with Crippen LogP contribution in [-0.4, -0.2) is 5.78 Å². The number of halogens is 3. The number of rotatable bonds is 3. The Bertz CT molecular complexity index is 821. The standard InChI is InChI=1S/C16H9BrF2OS/c17-11-3-9(4-13(19)8-11)5-14(20)16-7-10-6-12(18)1-2-15(10)21-16/h1-4,6-8H,5H2. The molecule has 21 heavy (non-hydrogen) atoms. The van der Waals surface area contributed by atoms with Crippen LogP contribution in [0.15, 0.2) is 46.9 Å². The fourth-order valence-electron chi connectivity index (χ4n) is 2.14. The maximum atomic E-state index is 13.3. The van der Waals surface area contributed by atoms with E-state index < -0.39 is 0 Å². The van der Waals surface area contributed by atoms with E-state index in [9.17, 15) is 13.6 Å². The minimum Gasteiger partial charge on any atom is -0.293 e. The van der Waals surface area contributed by atoms with E-state index in [-0.39, 0.29) is 23.8 Å². The van der Waals surface area contributed by atoms with Crippen molar-refractivity contribution < 1.29 is 13.6 Å². The van der Waals surface area contributed by atoms with Gasteiger partial charge in [-0.15, -0.1) is 11.3 Å². The minimum absolute atomic E-state index is 0.103. The summed E-state index contributed by atoms with van der Waals surface area (Å²) in [5, 5.41) is 0.712. The quantitative estimate of drug-likeness (QED) is 0.569. The fraction of sp³-hybridized carbons (Fsp3) is 0.0625. The maximum Gasteiger partial charge on any atom is 0.177 e. The van der Waals surface area contributed by atoms with Crippen molar-refractivity contribution in [2.75, 3.05) is 0 Å². The molecule has 1 nitrogen and oxygen atoms in total. The molecule has 0 N–H and O–H groups in total. The second-order valence-corrected chi connectivity index (χ2v) is 6.67. The molecule has 0 aliphatic rings. The van der Waals surface area contributed by atoms with Gasteiger partial charge in [-0.25, -0.2) is 8.78 Å². The lowest BCUT2D eigenvalue weighted by Crippen LogP contribution is -2.01. The molecule has 1 aromatic heterocycles. The van der Waals surface area contributed by atoms with Crippen molar-refractivity contribution in [3.05, 3.63) is 69.0 Å². The molecule has 0 amide bonds. The van der Waals surface area contributed by atoms with Crippen LogP contribution in [0.4, 0.5) is 8.78 Å². The van der Waals surface area contributed by atoms with Gasteiger partial charge in [-0.05, 0) is 53.4 Å². The smallest absolute Gasteiger partial charge is 0.177 e. The highest BCUT2D eigenvalue weighted by Gasteiger charge is 2.12. The predicted molar refractivity (Wildman–Crippen MR) is 83.9 cm³/mol. The molecule has 0 atom stereocenters. The summed E-state index contributed by atoms with van der Waals surface area (Å²) >= 11 is 4.52. The Morgan fingerprint density at radius 3 is 2.62 bits per heavy atom. The minimum atomic E-state index is -0.384. The van der Waals surface area contributed by atoms with Gasteiger partial charge in [0.15, 0.2) is 5.78 Å². The Hall–Kier alpha value is -1.59. The highest BCUT2D eigenvalue weighted by atomic mass is 79.9. The van der Waals surface area contributed by atoms with Gasteiger partial charge < -0.3 is 0 Å². The predicted octanol–water partition coefficient (Wildman–Crippen LogP) is 5.37. The Kier molecular flexibility index (Phi) is 3.87. The zero-order chi connectivity index (χ0) is 15.0. The number of Topliss-reactive ketones (excluding diaryl/α,β-unsaturated/α-hetero) is 1. The average molecular weight is 367 g/mol. The largest absolute Gasteiger partial charge is 0.293 e. The molecule has 2 aromatic carbocycles. The van der Waals surface area contributed by atoms with Gasteiger partial charge in [0.05, 0.1) is 4.88 Å². The summed E-state index contributed by atoms with van der Waals surface area (Å²) < 4.78 is 27.9. The second kappa shape index (κ2) is 5.66. The van der Waals surface area contributed by atoms with Crippen molar-refractivity contribution in [3.63, 3.8) is 0 Å². The third kappa shape index (κ3) is 3.19. The van der Waals surface area contributed by atoms with E-state index in [0.29, 0.717) is 20.3 Å². The van der Waals surface area contributed by atoms with Crippen molar-refractivity contribution in [2.24, 2.45) is 0 Å². The third-order valence-corrected chi connectivity index (χ3v) is 4.66. The summed E-state index contributed by atoms with van der Waals surface area (Å²) in [5.74, 6) is -0.812. The second-order valence-electron chi connectivity index (χ2n) is 4.67. The highest BCUT2D eigenvalue weighted by molar-refractivity contribution is 9.10. The molecule has 0 radical (unpaired) electrons. The molecule has 0 saturated heterocycles.